The van der Waals surface area contributed by atoms with E-state index in [4.69, 9.17) is 5.14 Å². The smallest absolute Gasteiger partial charge is 0.265 e. The number of nitrogens with two attached hydrogens (primary N) is 1. The van der Waals surface area contributed by atoms with Crippen LogP contribution in [0, 0.1) is 0 Å². The molecule has 136 valence electrons. The molecule has 0 aliphatic carbocycles. The molecule has 11 heteroatoms. The third kappa shape index (κ3) is 3.25. The molecule has 0 bridgehead atoms. The second-order valence-corrected chi connectivity index (χ2v) is 10.2. The molecule has 8 nitrogen and oxygen atoms in total. The molecule has 1 aliphatic heterocycles. The number of aromatic hydroxyl groups is 1. The number of fused-ring (bicyclic) bond motifs is 1. The molecule has 1 aromatic carbocycles. The van der Waals surface area contributed by atoms with E-state index in [9.17, 15) is 21.9 Å². The Kier molecular flexibility index (Phi) is 4.54. The average Bonchev–Trinajstić information content (AvgIpc) is 2.98. The van der Waals surface area contributed by atoms with Crippen molar-refractivity contribution in [3.05, 3.63) is 35.2 Å². The van der Waals surface area contributed by atoms with Crippen LogP contribution in [0.25, 0.3) is 0 Å². The zero-order valence-corrected chi connectivity index (χ0v) is 15.7. The van der Waals surface area contributed by atoms with Crippen LogP contribution in [0.4, 0.5) is 5.69 Å². The normalized spacial score (nSPS) is 19.6. The molecule has 3 rings (SSSR count). The van der Waals surface area contributed by atoms with E-state index in [-0.39, 0.29) is 27.4 Å². The average molecular weight is 404 g/mol. The van der Waals surface area contributed by atoms with Crippen molar-refractivity contribution in [2.24, 2.45) is 5.14 Å². The number of phenolic OH excluding ortho intramolecular Hbond substituents is 1. The maximum atomic E-state index is 13.0. The number of nitrogens with one attached hydrogen (secondary N) is 1. The number of primary sulfonamides is 1. The van der Waals surface area contributed by atoms with Crippen molar-refractivity contribution in [1.82, 2.24) is 5.32 Å². The molecule has 0 fully saturated rings. The molecule has 25 heavy (non-hydrogen) atoms. The first kappa shape index (κ1) is 18.1. The summed E-state index contributed by atoms with van der Waals surface area (Å²) in [5, 5.41) is 17.8. The number of rotatable bonds is 4. The van der Waals surface area contributed by atoms with Gasteiger partial charge in [-0.15, -0.1) is 11.3 Å². The molecule has 0 saturated heterocycles. The van der Waals surface area contributed by atoms with Crippen LogP contribution in [0.5, 0.6) is 5.75 Å². The van der Waals surface area contributed by atoms with Gasteiger partial charge in [0.25, 0.3) is 10.0 Å². The van der Waals surface area contributed by atoms with Crippen LogP contribution in [-0.2, 0) is 20.0 Å². The Morgan fingerprint density at radius 3 is 2.56 bits per heavy atom. The van der Waals surface area contributed by atoms with Gasteiger partial charge in [-0.3, -0.25) is 4.31 Å². The Balaban J connectivity index is 2.17. The van der Waals surface area contributed by atoms with Crippen molar-refractivity contribution in [1.29, 1.82) is 0 Å². The SMILES string of the molecule is CCN[C@@H]1CN(c2ccc(O)cc2)S(=O)(=O)c2cc(S(N)(=O)=O)sc21. The number of anilines is 1. The van der Waals surface area contributed by atoms with Gasteiger partial charge in [0.2, 0.25) is 10.0 Å². The Bertz CT molecular complexity index is 997. The minimum atomic E-state index is -4.00. The van der Waals surface area contributed by atoms with Crippen LogP contribution in [0.1, 0.15) is 17.8 Å². The summed E-state index contributed by atoms with van der Waals surface area (Å²) in [7, 11) is -7.94. The van der Waals surface area contributed by atoms with E-state index in [0.29, 0.717) is 17.1 Å². The molecule has 0 spiro atoms. The van der Waals surface area contributed by atoms with E-state index in [0.717, 1.165) is 17.4 Å². The molecule has 0 saturated carbocycles. The topological polar surface area (TPSA) is 130 Å². The van der Waals surface area contributed by atoms with Crippen LogP contribution in [0.3, 0.4) is 0 Å². The van der Waals surface area contributed by atoms with Crippen LogP contribution in [0.15, 0.2) is 39.4 Å². The highest BCUT2D eigenvalue weighted by Gasteiger charge is 2.39. The number of likely N-dealkylation sites (N-methyl/N-ethyl adjacent to an activating group) is 1. The van der Waals surface area contributed by atoms with Gasteiger partial charge in [0.1, 0.15) is 14.9 Å². The van der Waals surface area contributed by atoms with Crippen molar-refractivity contribution in [2.75, 3.05) is 17.4 Å². The fourth-order valence-electron chi connectivity index (χ4n) is 2.68. The highest BCUT2D eigenvalue weighted by atomic mass is 32.2. The Morgan fingerprint density at radius 2 is 2.00 bits per heavy atom. The summed E-state index contributed by atoms with van der Waals surface area (Å²) in [6.45, 7) is 2.57. The summed E-state index contributed by atoms with van der Waals surface area (Å²) in [4.78, 5) is 0.368. The fourth-order valence-corrected chi connectivity index (χ4v) is 6.79. The first-order valence-corrected chi connectivity index (χ1v) is 11.2. The predicted octanol–water partition coefficient (Wildman–Crippen LogP) is 0.961. The minimum Gasteiger partial charge on any atom is -0.508 e. The van der Waals surface area contributed by atoms with Crippen LogP contribution in [0.2, 0.25) is 0 Å². The summed E-state index contributed by atoms with van der Waals surface area (Å²) in [6, 6.07) is 6.53. The summed E-state index contributed by atoms with van der Waals surface area (Å²) in [6.07, 6.45) is 0. The maximum absolute atomic E-state index is 13.0. The molecule has 0 amide bonds. The van der Waals surface area contributed by atoms with Gasteiger partial charge in [0.05, 0.1) is 18.3 Å². The van der Waals surface area contributed by atoms with Crippen molar-refractivity contribution < 1.29 is 21.9 Å². The lowest BCUT2D eigenvalue weighted by molar-refractivity contribution is 0.475. The molecule has 0 unspecified atom stereocenters. The second-order valence-electron chi connectivity index (χ2n) is 5.50. The molecule has 0 radical (unpaired) electrons. The van der Waals surface area contributed by atoms with Crippen LogP contribution in [-0.4, -0.2) is 35.0 Å². The van der Waals surface area contributed by atoms with Gasteiger partial charge in [-0.05, 0) is 36.9 Å². The highest BCUT2D eigenvalue weighted by Crippen LogP contribution is 2.41. The van der Waals surface area contributed by atoms with Gasteiger partial charge >= 0.3 is 0 Å². The monoisotopic (exact) mass is 403 g/mol. The molecule has 4 N–H and O–H groups in total. The summed E-state index contributed by atoms with van der Waals surface area (Å²) < 4.78 is 50.3. The lowest BCUT2D eigenvalue weighted by Gasteiger charge is -2.33. The molecular weight excluding hydrogens is 386 g/mol. The first-order chi connectivity index (χ1) is 11.6. The first-order valence-electron chi connectivity index (χ1n) is 7.36. The van der Waals surface area contributed by atoms with Gasteiger partial charge in [0.15, 0.2) is 0 Å². The number of hydrogen-bond acceptors (Lipinski definition) is 7. The highest BCUT2D eigenvalue weighted by molar-refractivity contribution is 7.93. The Morgan fingerprint density at radius 1 is 1.36 bits per heavy atom. The zero-order chi connectivity index (χ0) is 18.4. The molecule has 1 aromatic heterocycles. The van der Waals surface area contributed by atoms with Crippen LogP contribution >= 0.6 is 11.3 Å². The third-order valence-electron chi connectivity index (χ3n) is 3.80. The van der Waals surface area contributed by atoms with Crippen molar-refractivity contribution in [3.8, 4) is 5.75 Å². The molecule has 1 atom stereocenters. The zero-order valence-electron chi connectivity index (χ0n) is 13.2. The molecule has 2 heterocycles. The largest absolute Gasteiger partial charge is 0.508 e. The van der Waals surface area contributed by atoms with E-state index in [2.05, 4.69) is 5.32 Å². The van der Waals surface area contributed by atoms with E-state index in [1.165, 1.54) is 28.6 Å². The minimum absolute atomic E-state index is 0.0223. The lowest BCUT2D eigenvalue weighted by atomic mass is 10.2. The number of phenols is 1. The fraction of sp³-hybridized carbons (Fsp3) is 0.286. The van der Waals surface area contributed by atoms with Crippen molar-refractivity contribution in [3.63, 3.8) is 0 Å². The van der Waals surface area contributed by atoms with E-state index < -0.39 is 20.0 Å². The van der Waals surface area contributed by atoms with E-state index >= 15 is 0 Å². The van der Waals surface area contributed by atoms with Gasteiger partial charge in [-0.2, -0.15) is 0 Å². The molecule has 2 aromatic rings. The van der Waals surface area contributed by atoms with Crippen molar-refractivity contribution >= 4 is 37.1 Å². The third-order valence-corrected chi connectivity index (χ3v) is 8.44. The molecular formula is C14H17N3O5S3. The predicted molar refractivity (Wildman–Crippen MR) is 94.7 cm³/mol. The lowest BCUT2D eigenvalue weighted by Crippen LogP contribution is -2.43. The van der Waals surface area contributed by atoms with Gasteiger partial charge in [-0.1, -0.05) is 6.92 Å². The van der Waals surface area contributed by atoms with Crippen molar-refractivity contribution in [2.45, 2.75) is 22.1 Å². The number of benzene rings is 1. The van der Waals surface area contributed by atoms with E-state index in [1.54, 1.807) is 0 Å². The second kappa shape index (κ2) is 6.25. The Labute approximate surface area is 150 Å². The van der Waals surface area contributed by atoms with E-state index in [1.807, 2.05) is 6.92 Å². The number of sulfonamides is 2. The number of hydrogen-bond donors (Lipinski definition) is 3. The van der Waals surface area contributed by atoms with Gasteiger partial charge < -0.3 is 10.4 Å². The number of nitrogens with zero attached hydrogens (tertiary/aromatic N) is 1. The van der Waals surface area contributed by atoms with Crippen LogP contribution < -0.4 is 14.8 Å². The van der Waals surface area contributed by atoms with Gasteiger partial charge in [0, 0.05) is 4.88 Å². The summed E-state index contributed by atoms with van der Waals surface area (Å²) >= 11 is 0.871. The summed E-state index contributed by atoms with van der Waals surface area (Å²) in [5.41, 5.74) is 0.384. The quantitative estimate of drug-likeness (QED) is 0.697. The standard InChI is InChI=1S/C14H17N3O5S3/c1-2-16-11-8-17(9-3-5-10(18)6-4-9)25(21,22)12-7-13(23-14(11)12)24(15,19)20/h3-7,11,16,18H,2,8H2,1H3,(H2,15,19,20)/t11-/m1/s1. The number of thiophene rings is 1. The maximum Gasteiger partial charge on any atom is 0.265 e. The Hall–Kier alpha value is -1.66. The molecule has 1 aliphatic rings. The summed E-state index contributed by atoms with van der Waals surface area (Å²) in [5.74, 6) is 0.0223. The van der Waals surface area contributed by atoms with Gasteiger partial charge in [-0.25, -0.2) is 22.0 Å².